The molecular weight excluding hydrogens is 439 g/mol. The molecular formula is C16H29IN4O2S. The first-order valence-corrected chi connectivity index (χ1v) is 9.10. The fourth-order valence-corrected chi connectivity index (χ4v) is 3.58. The van der Waals surface area contributed by atoms with Crippen LogP contribution in [0.1, 0.15) is 29.7 Å². The van der Waals surface area contributed by atoms with Crippen LogP contribution < -0.4 is 10.6 Å². The van der Waals surface area contributed by atoms with E-state index in [1.165, 1.54) is 4.88 Å². The summed E-state index contributed by atoms with van der Waals surface area (Å²) in [7, 11) is 1.78. The molecule has 8 heteroatoms. The number of aliphatic hydroxyl groups excluding tert-OH is 1. The maximum Gasteiger partial charge on any atom is 0.191 e. The maximum absolute atomic E-state index is 9.27. The number of aliphatic imine (C=N–C) groups is 1. The summed E-state index contributed by atoms with van der Waals surface area (Å²) in [6.07, 6.45) is 5.65. The minimum Gasteiger partial charge on any atom is -0.396 e. The predicted octanol–water partition coefficient (Wildman–Crippen LogP) is 1.82. The van der Waals surface area contributed by atoms with Crippen molar-refractivity contribution in [2.75, 3.05) is 40.0 Å². The highest BCUT2D eigenvalue weighted by Crippen LogP contribution is 2.31. The number of nitrogens with zero attached hydrogens (tertiary/aromatic N) is 2. The van der Waals surface area contributed by atoms with Gasteiger partial charge in [0.25, 0.3) is 0 Å². The van der Waals surface area contributed by atoms with Gasteiger partial charge >= 0.3 is 0 Å². The first-order chi connectivity index (χ1) is 11.2. The van der Waals surface area contributed by atoms with Gasteiger partial charge in [-0.2, -0.15) is 0 Å². The van der Waals surface area contributed by atoms with Crippen LogP contribution in [0, 0.1) is 5.41 Å². The largest absolute Gasteiger partial charge is 0.396 e. The van der Waals surface area contributed by atoms with Gasteiger partial charge in [0.2, 0.25) is 0 Å². The van der Waals surface area contributed by atoms with Gasteiger partial charge < -0.3 is 20.5 Å². The summed E-state index contributed by atoms with van der Waals surface area (Å²) in [5, 5.41) is 17.1. The third-order valence-corrected chi connectivity index (χ3v) is 5.46. The van der Waals surface area contributed by atoms with Crippen molar-refractivity contribution in [3.05, 3.63) is 16.1 Å². The molecule has 1 aromatic rings. The number of hydrogen-bond donors (Lipinski definition) is 3. The van der Waals surface area contributed by atoms with E-state index in [9.17, 15) is 5.11 Å². The van der Waals surface area contributed by atoms with E-state index in [0.717, 1.165) is 56.3 Å². The molecule has 0 bridgehead atoms. The number of rotatable bonds is 8. The zero-order valence-corrected chi connectivity index (χ0v) is 17.7. The molecule has 24 heavy (non-hydrogen) atoms. The average Bonchev–Trinajstić information content (AvgIpc) is 3.21. The van der Waals surface area contributed by atoms with Gasteiger partial charge in [-0.25, -0.2) is 4.98 Å². The number of guanidine groups is 1. The van der Waals surface area contributed by atoms with E-state index < -0.39 is 0 Å². The second-order valence-electron chi connectivity index (χ2n) is 5.95. The third kappa shape index (κ3) is 6.45. The van der Waals surface area contributed by atoms with Crippen molar-refractivity contribution in [3.8, 4) is 0 Å². The smallest absolute Gasteiger partial charge is 0.191 e. The van der Waals surface area contributed by atoms with Crippen LogP contribution in [0.4, 0.5) is 0 Å². The van der Waals surface area contributed by atoms with Gasteiger partial charge in [-0.15, -0.1) is 35.3 Å². The Morgan fingerprint density at radius 2 is 2.33 bits per heavy atom. The topological polar surface area (TPSA) is 78.8 Å². The Morgan fingerprint density at radius 3 is 2.92 bits per heavy atom. The molecule has 1 aromatic heterocycles. The molecule has 0 amide bonds. The van der Waals surface area contributed by atoms with Crippen LogP contribution in [-0.2, 0) is 17.6 Å². The Kier molecular flexibility index (Phi) is 10.1. The Labute approximate surface area is 165 Å². The van der Waals surface area contributed by atoms with Crippen molar-refractivity contribution >= 4 is 41.3 Å². The summed E-state index contributed by atoms with van der Waals surface area (Å²) >= 11 is 1.78. The van der Waals surface area contributed by atoms with Crippen molar-refractivity contribution in [1.82, 2.24) is 15.6 Å². The molecule has 1 aliphatic rings. The zero-order valence-electron chi connectivity index (χ0n) is 14.5. The van der Waals surface area contributed by atoms with E-state index in [1.807, 2.05) is 6.20 Å². The van der Waals surface area contributed by atoms with E-state index in [1.54, 1.807) is 18.4 Å². The molecule has 2 rings (SSSR count). The number of aryl methyl sites for hydroxylation is 1. The summed E-state index contributed by atoms with van der Waals surface area (Å²) in [5.41, 5.74) is 0.0255. The van der Waals surface area contributed by atoms with Crippen LogP contribution in [0.25, 0.3) is 0 Å². The van der Waals surface area contributed by atoms with Gasteiger partial charge in [0.1, 0.15) is 0 Å². The molecule has 138 valence electrons. The van der Waals surface area contributed by atoms with Gasteiger partial charge in [-0.05, 0) is 19.3 Å². The Balaban J connectivity index is 0.00000288. The van der Waals surface area contributed by atoms with Crippen LogP contribution in [0.3, 0.4) is 0 Å². The zero-order chi connectivity index (χ0) is 16.5. The van der Waals surface area contributed by atoms with E-state index in [0.29, 0.717) is 6.61 Å². The first kappa shape index (κ1) is 21.6. The monoisotopic (exact) mass is 468 g/mol. The first-order valence-electron chi connectivity index (χ1n) is 8.28. The highest BCUT2D eigenvalue weighted by Gasteiger charge is 2.34. The van der Waals surface area contributed by atoms with Gasteiger partial charge in [0.05, 0.1) is 11.6 Å². The molecule has 1 saturated heterocycles. The molecule has 0 aliphatic carbocycles. The number of thiazole rings is 1. The Morgan fingerprint density at radius 1 is 1.50 bits per heavy atom. The van der Waals surface area contributed by atoms with Crippen molar-refractivity contribution < 1.29 is 9.84 Å². The fourth-order valence-electron chi connectivity index (χ4n) is 2.72. The second-order valence-corrected chi connectivity index (χ2v) is 7.15. The Hall–Kier alpha value is -0.450. The maximum atomic E-state index is 9.27. The van der Waals surface area contributed by atoms with Crippen LogP contribution >= 0.6 is 35.3 Å². The molecule has 1 aliphatic heterocycles. The van der Waals surface area contributed by atoms with Gasteiger partial charge in [0.15, 0.2) is 5.96 Å². The number of aliphatic hydroxyl groups is 1. The molecule has 0 aromatic carbocycles. The number of halogens is 1. The highest BCUT2D eigenvalue weighted by molar-refractivity contribution is 14.0. The predicted molar refractivity (Wildman–Crippen MR) is 110 cm³/mol. The van der Waals surface area contributed by atoms with E-state index >= 15 is 0 Å². The highest BCUT2D eigenvalue weighted by atomic mass is 127. The SMILES string of the molecule is CCc1cnc(CCNC(=NC)NCC2(CCO)CCOC2)s1.I. The van der Waals surface area contributed by atoms with Crippen molar-refractivity contribution in [2.45, 2.75) is 32.6 Å². The summed E-state index contributed by atoms with van der Waals surface area (Å²) in [5.74, 6) is 0.793. The van der Waals surface area contributed by atoms with E-state index in [2.05, 4.69) is 27.5 Å². The molecule has 0 radical (unpaired) electrons. The number of nitrogens with one attached hydrogen (secondary N) is 2. The summed E-state index contributed by atoms with van der Waals surface area (Å²) in [6, 6.07) is 0. The normalized spacial score (nSPS) is 20.7. The quantitative estimate of drug-likeness (QED) is 0.308. The molecule has 0 saturated carbocycles. The lowest BCUT2D eigenvalue weighted by Gasteiger charge is -2.27. The lowest BCUT2D eigenvalue weighted by molar-refractivity contribution is 0.127. The average molecular weight is 468 g/mol. The van der Waals surface area contributed by atoms with Gasteiger partial charge in [-0.3, -0.25) is 4.99 Å². The lowest BCUT2D eigenvalue weighted by Crippen LogP contribution is -2.45. The fraction of sp³-hybridized carbons (Fsp3) is 0.750. The van der Waals surface area contributed by atoms with Crippen molar-refractivity contribution in [3.63, 3.8) is 0 Å². The summed E-state index contributed by atoms with van der Waals surface area (Å²) in [6.45, 7) is 5.40. The third-order valence-electron chi connectivity index (χ3n) is 4.26. The van der Waals surface area contributed by atoms with Gasteiger partial charge in [0, 0.05) is 56.3 Å². The van der Waals surface area contributed by atoms with E-state index in [-0.39, 0.29) is 36.0 Å². The van der Waals surface area contributed by atoms with Crippen molar-refractivity contribution in [1.29, 1.82) is 0 Å². The van der Waals surface area contributed by atoms with Crippen LogP contribution in [0.5, 0.6) is 0 Å². The lowest BCUT2D eigenvalue weighted by atomic mass is 9.84. The molecule has 6 nitrogen and oxygen atoms in total. The minimum atomic E-state index is 0. The van der Waals surface area contributed by atoms with Crippen LogP contribution in [0.2, 0.25) is 0 Å². The number of hydrogen-bond acceptors (Lipinski definition) is 5. The molecule has 1 fully saturated rings. The molecule has 3 N–H and O–H groups in total. The molecule has 2 heterocycles. The number of ether oxygens (including phenoxy) is 1. The molecule has 0 spiro atoms. The van der Waals surface area contributed by atoms with Crippen molar-refractivity contribution in [2.24, 2.45) is 10.4 Å². The molecule has 1 unspecified atom stereocenters. The summed E-state index contributed by atoms with van der Waals surface area (Å²) < 4.78 is 5.51. The standard InChI is InChI=1S/C16H28N4O2S.HI/c1-3-13-10-19-14(23-13)4-7-18-15(17-2)20-11-16(5-8-21)6-9-22-12-16;/h10,21H,3-9,11-12H2,1-2H3,(H2,17,18,20);1H. The Bertz CT molecular complexity index is 504. The van der Waals surface area contributed by atoms with Crippen LogP contribution in [-0.4, -0.2) is 56.0 Å². The minimum absolute atomic E-state index is 0. The second kappa shape index (κ2) is 11.2. The van der Waals surface area contributed by atoms with Crippen LogP contribution in [0.15, 0.2) is 11.2 Å². The summed E-state index contributed by atoms with van der Waals surface area (Å²) in [4.78, 5) is 10.0. The van der Waals surface area contributed by atoms with E-state index in [4.69, 9.17) is 4.74 Å². The molecule has 1 atom stereocenters. The van der Waals surface area contributed by atoms with Gasteiger partial charge in [-0.1, -0.05) is 6.92 Å². The number of aromatic nitrogens is 1.